The fraction of sp³-hybridized carbons (Fsp3) is 0.417. The molecule has 1 aromatic rings. The smallest absolute Gasteiger partial charge is 0.221 e. The molecule has 0 aliphatic carbocycles. The average molecular weight is 285 g/mol. The van der Waals surface area contributed by atoms with Crippen LogP contribution in [0.15, 0.2) is 24.3 Å². The van der Waals surface area contributed by atoms with Gasteiger partial charge in [-0.3, -0.25) is 4.79 Å². The summed E-state index contributed by atoms with van der Waals surface area (Å²) in [6.07, 6.45) is 0.142. The predicted molar refractivity (Wildman–Crippen MR) is 74.8 cm³/mol. The quantitative estimate of drug-likeness (QED) is 0.729. The number of anilines is 1. The first-order valence-corrected chi connectivity index (χ1v) is 7.45. The summed E-state index contributed by atoms with van der Waals surface area (Å²) in [5.41, 5.74) is 6.77. The number of carbonyl (C=O) groups is 1. The van der Waals surface area contributed by atoms with E-state index in [1.54, 1.807) is 24.3 Å². The van der Waals surface area contributed by atoms with Gasteiger partial charge >= 0.3 is 0 Å². The van der Waals surface area contributed by atoms with Crippen LogP contribution in [0.2, 0.25) is 0 Å². The van der Waals surface area contributed by atoms with E-state index in [0.717, 1.165) is 0 Å². The van der Waals surface area contributed by atoms with Gasteiger partial charge in [0, 0.05) is 32.7 Å². The van der Waals surface area contributed by atoms with Crippen LogP contribution in [0.5, 0.6) is 0 Å². The van der Waals surface area contributed by atoms with Crippen LogP contribution in [0.1, 0.15) is 12.0 Å². The maximum atomic E-state index is 12.1. The molecule has 0 aliphatic heterocycles. The van der Waals surface area contributed by atoms with Crippen LogP contribution in [-0.2, 0) is 20.6 Å². The molecule has 1 rings (SSSR count). The Morgan fingerprint density at radius 1 is 1.42 bits per heavy atom. The van der Waals surface area contributed by atoms with Crippen molar-refractivity contribution in [2.45, 2.75) is 12.2 Å². The summed E-state index contributed by atoms with van der Waals surface area (Å²) in [4.78, 5) is 11.1. The number of hydrogen-bond acceptors (Lipinski definition) is 4. The van der Waals surface area contributed by atoms with E-state index >= 15 is 0 Å². The zero-order valence-corrected chi connectivity index (χ0v) is 11.9. The fourth-order valence-corrected chi connectivity index (χ4v) is 2.72. The highest BCUT2D eigenvalue weighted by atomic mass is 32.2. The molecule has 19 heavy (non-hydrogen) atoms. The van der Waals surface area contributed by atoms with E-state index in [1.807, 2.05) is 0 Å². The predicted octanol–water partition coefficient (Wildman–Crippen LogP) is 0.167. The third-order valence-corrected chi connectivity index (χ3v) is 4.54. The van der Waals surface area contributed by atoms with Crippen molar-refractivity contribution in [1.82, 2.24) is 9.62 Å². The highest BCUT2D eigenvalue weighted by molar-refractivity contribution is 7.88. The van der Waals surface area contributed by atoms with E-state index < -0.39 is 10.0 Å². The highest BCUT2D eigenvalue weighted by Gasteiger charge is 2.19. The van der Waals surface area contributed by atoms with E-state index in [9.17, 15) is 13.2 Å². The Morgan fingerprint density at radius 3 is 2.68 bits per heavy atom. The molecule has 0 aromatic heterocycles. The number of benzene rings is 1. The fourth-order valence-electron chi connectivity index (χ4n) is 1.53. The van der Waals surface area contributed by atoms with E-state index in [-0.39, 0.29) is 24.6 Å². The van der Waals surface area contributed by atoms with Crippen molar-refractivity contribution in [3.05, 3.63) is 29.8 Å². The number of nitrogens with one attached hydrogen (secondary N) is 1. The van der Waals surface area contributed by atoms with Gasteiger partial charge in [0.25, 0.3) is 0 Å². The van der Waals surface area contributed by atoms with Crippen LogP contribution >= 0.6 is 0 Å². The lowest BCUT2D eigenvalue weighted by Gasteiger charge is -2.16. The van der Waals surface area contributed by atoms with Crippen LogP contribution in [-0.4, -0.2) is 39.3 Å². The number of nitrogen functional groups attached to an aromatic ring is 1. The SMILES string of the molecule is CNC(=O)CCN(C)S(=O)(=O)Cc1cccc(N)c1. The molecule has 0 unspecified atom stereocenters. The Morgan fingerprint density at radius 2 is 2.11 bits per heavy atom. The highest BCUT2D eigenvalue weighted by Crippen LogP contribution is 2.12. The van der Waals surface area contributed by atoms with Gasteiger partial charge in [-0.1, -0.05) is 12.1 Å². The number of nitrogens with zero attached hydrogens (tertiary/aromatic N) is 1. The largest absolute Gasteiger partial charge is 0.399 e. The molecule has 6 nitrogen and oxygen atoms in total. The van der Waals surface area contributed by atoms with Gasteiger partial charge in [0.2, 0.25) is 15.9 Å². The lowest BCUT2D eigenvalue weighted by molar-refractivity contribution is -0.120. The molecule has 1 aromatic carbocycles. The number of sulfonamides is 1. The van der Waals surface area contributed by atoms with Crippen molar-refractivity contribution in [2.75, 3.05) is 26.4 Å². The molecule has 1 amide bonds. The van der Waals surface area contributed by atoms with Crippen molar-refractivity contribution in [1.29, 1.82) is 0 Å². The van der Waals surface area contributed by atoms with Crippen molar-refractivity contribution in [3.8, 4) is 0 Å². The Kier molecular flexibility index (Phi) is 5.31. The second-order valence-electron chi connectivity index (χ2n) is 4.25. The lowest BCUT2D eigenvalue weighted by Crippen LogP contribution is -2.32. The Balaban J connectivity index is 2.67. The second-order valence-corrected chi connectivity index (χ2v) is 6.32. The zero-order chi connectivity index (χ0) is 14.5. The molecule has 0 saturated heterocycles. The summed E-state index contributed by atoms with van der Waals surface area (Å²) in [5, 5.41) is 2.45. The summed E-state index contributed by atoms with van der Waals surface area (Å²) < 4.78 is 25.3. The number of amides is 1. The number of hydrogen-bond donors (Lipinski definition) is 2. The molecule has 0 spiro atoms. The normalized spacial score (nSPS) is 11.5. The zero-order valence-electron chi connectivity index (χ0n) is 11.1. The van der Waals surface area contributed by atoms with Crippen LogP contribution in [0, 0.1) is 0 Å². The van der Waals surface area contributed by atoms with Crippen LogP contribution in [0.4, 0.5) is 5.69 Å². The molecule has 0 fully saturated rings. The van der Waals surface area contributed by atoms with Crippen molar-refractivity contribution in [3.63, 3.8) is 0 Å². The Labute approximate surface area is 113 Å². The molecule has 0 saturated carbocycles. The van der Waals surface area contributed by atoms with Gasteiger partial charge < -0.3 is 11.1 Å². The molecule has 7 heteroatoms. The van der Waals surface area contributed by atoms with Gasteiger partial charge in [-0.2, -0.15) is 0 Å². The average Bonchev–Trinajstić information content (AvgIpc) is 2.34. The summed E-state index contributed by atoms with van der Waals surface area (Å²) in [6.45, 7) is 0.157. The third kappa shape index (κ3) is 4.88. The first kappa shape index (κ1) is 15.5. The van der Waals surface area contributed by atoms with Crippen molar-refractivity contribution in [2.24, 2.45) is 0 Å². The first-order chi connectivity index (χ1) is 8.85. The molecule has 3 N–H and O–H groups in total. The molecule has 0 heterocycles. The maximum Gasteiger partial charge on any atom is 0.221 e. The van der Waals surface area contributed by atoms with Gasteiger partial charge in [-0.05, 0) is 17.7 Å². The minimum atomic E-state index is -3.44. The molecular weight excluding hydrogens is 266 g/mol. The standard InChI is InChI=1S/C12H19N3O3S/c1-14-12(16)6-7-15(2)19(17,18)9-10-4-3-5-11(13)8-10/h3-5,8H,6-7,9,13H2,1-2H3,(H,14,16). The Bertz CT molecular complexity index is 543. The topological polar surface area (TPSA) is 92.5 Å². The van der Waals surface area contributed by atoms with Crippen molar-refractivity contribution < 1.29 is 13.2 Å². The van der Waals surface area contributed by atoms with Gasteiger partial charge in [-0.25, -0.2) is 12.7 Å². The van der Waals surface area contributed by atoms with Crippen LogP contribution < -0.4 is 11.1 Å². The van der Waals surface area contributed by atoms with E-state index in [1.165, 1.54) is 18.4 Å². The summed E-state index contributed by atoms with van der Waals surface area (Å²) >= 11 is 0. The molecular formula is C12H19N3O3S. The summed E-state index contributed by atoms with van der Waals surface area (Å²) in [5.74, 6) is -0.312. The maximum absolute atomic E-state index is 12.1. The number of rotatable bonds is 6. The van der Waals surface area contributed by atoms with Gasteiger partial charge in [0.15, 0.2) is 0 Å². The molecule has 0 aliphatic rings. The summed E-state index contributed by atoms with van der Waals surface area (Å²) in [7, 11) is -0.456. The minimum Gasteiger partial charge on any atom is -0.399 e. The lowest BCUT2D eigenvalue weighted by atomic mass is 10.2. The molecule has 0 atom stereocenters. The van der Waals surface area contributed by atoms with Gasteiger partial charge in [-0.15, -0.1) is 0 Å². The number of nitrogens with two attached hydrogens (primary N) is 1. The van der Waals surface area contributed by atoms with E-state index in [0.29, 0.717) is 11.3 Å². The minimum absolute atomic E-state index is 0.123. The number of carbonyl (C=O) groups excluding carboxylic acids is 1. The van der Waals surface area contributed by atoms with Gasteiger partial charge in [0.1, 0.15) is 0 Å². The van der Waals surface area contributed by atoms with E-state index in [4.69, 9.17) is 5.73 Å². The molecule has 0 radical (unpaired) electrons. The van der Waals surface area contributed by atoms with Crippen LogP contribution in [0.25, 0.3) is 0 Å². The monoisotopic (exact) mass is 285 g/mol. The molecule has 106 valence electrons. The summed E-state index contributed by atoms with van der Waals surface area (Å²) in [6, 6.07) is 6.75. The third-order valence-electron chi connectivity index (χ3n) is 2.71. The second kappa shape index (κ2) is 6.53. The molecule has 0 bridgehead atoms. The van der Waals surface area contributed by atoms with Crippen LogP contribution in [0.3, 0.4) is 0 Å². The first-order valence-electron chi connectivity index (χ1n) is 5.84. The Hall–Kier alpha value is -1.60. The van der Waals surface area contributed by atoms with Gasteiger partial charge in [0.05, 0.1) is 5.75 Å². The van der Waals surface area contributed by atoms with E-state index in [2.05, 4.69) is 5.32 Å². The van der Waals surface area contributed by atoms with Crippen molar-refractivity contribution >= 4 is 21.6 Å².